The van der Waals surface area contributed by atoms with Crippen LogP contribution in [0.1, 0.15) is 0 Å². The third-order valence-corrected chi connectivity index (χ3v) is 12.9. The lowest BCUT2D eigenvalue weighted by Crippen LogP contribution is -2.23. The minimum absolute atomic E-state index is 0.760. The van der Waals surface area contributed by atoms with Crippen molar-refractivity contribution in [3.63, 3.8) is 0 Å². The Morgan fingerprint density at radius 2 is 0.432 bits per heavy atom. The molecule has 0 saturated heterocycles. The van der Waals surface area contributed by atoms with Crippen LogP contribution in [0.15, 0.2) is 194 Å². The first kappa shape index (κ1) is 28.2. The van der Waals surface area contributed by atoms with Crippen LogP contribution in [-0.4, -0.2) is 0 Å². The number of rotatable bonds is 8. The molecule has 0 aromatic heterocycles. The minimum atomic E-state index is -0.760. The zero-order valence-electron chi connectivity index (χ0n) is 24.4. The van der Waals surface area contributed by atoms with Crippen molar-refractivity contribution in [3.05, 3.63) is 194 Å². The molecule has 0 aliphatic carbocycles. The average Bonchev–Trinajstić information content (AvgIpc) is 3.11. The van der Waals surface area contributed by atoms with Gasteiger partial charge in [0, 0.05) is 0 Å². The monoisotopic (exact) mass is 598 g/mol. The highest BCUT2D eigenvalue weighted by Crippen LogP contribution is 2.42. The Hall–Kier alpha value is -4.60. The van der Waals surface area contributed by atoms with E-state index < -0.39 is 15.8 Å². The summed E-state index contributed by atoms with van der Waals surface area (Å²) < 4.78 is 0. The van der Waals surface area contributed by atoms with Gasteiger partial charge in [-0.25, -0.2) is 0 Å². The van der Waals surface area contributed by atoms with E-state index in [-0.39, 0.29) is 0 Å². The van der Waals surface area contributed by atoms with Gasteiger partial charge >= 0.3 is 0 Å². The fourth-order valence-electron chi connectivity index (χ4n) is 5.91. The van der Waals surface area contributed by atoms with Crippen molar-refractivity contribution in [1.82, 2.24) is 0 Å². The first-order valence-electron chi connectivity index (χ1n) is 15.0. The fourth-order valence-corrected chi connectivity index (χ4v) is 10.8. The second kappa shape index (κ2) is 13.4. The summed E-state index contributed by atoms with van der Waals surface area (Å²) in [5, 5.41) is 8.18. The molecule has 0 amide bonds. The lowest BCUT2D eigenvalue weighted by atomic mass is 9.94. The predicted octanol–water partition coefficient (Wildman–Crippen LogP) is 8.54. The highest BCUT2D eigenvalue weighted by molar-refractivity contribution is 7.80. The van der Waals surface area contributed by atoms with Gasteiger partial charge in [-0.05, 0) is 69.9 Å². The summed E-state index contributed by atoms with van der Waals surface area (Å²) in [6.45, 7) is 0. The van der Waals surface area contributed by atoms with E-state index in [2.05, 4.69) is 194 Å². The summed E-state index contributed by atoms with van der Waals surface area (Å²) in [6.07, 6.45) is 0. The summed E-state index contributed by atoms with van der Waals surface area (Å²) in [5.74, 6) is 0. The van der Waals surface area contributed by atoms with Crippen LogP contribution in [-0.2, 0) is 0 Å². The number of benzene rings is 7. The average molecular weight is 599 g/mol. The van der Waals surface area contributed by atoms with E-state index >= 15 is 0 Å². The van der Waals surface area contributed by atoms with Crippen LogP contribution in [0.4, 0.5) is 0 Å². The first-order chi connectivity index (χ1) is 21.9. The third kappa shape index (κ3) is 5.80. The maximum atomic E-state index is 2.34. The molecule has 0 fully saturated rings. The van der Waals surface area contributed by atoms with Gasteiger partial charge in [0.2, 0.25) is 0 Å². The summed E-state index contributed by atoms with van der Waals surface area (Å²) in [6, 6.07) is 71.0. The SMILES string of the molecule is c1ccc(P(c2ccccc2)c2ccccc2-c2ccccc2-c2ccccc2P(c2ccccc2)c2ccccc2)cc1. The van der Waals surface area contributed by atoms with Gasteiger partial charge in [0.25, 0.3) is 0 Å². The van der Waals surface area contributed by atoms with Gasteiger partial charge in [-0.15, -0.1) is 0 Å². The lowest BCUT2D eigenvalue weighted by Gasteiger charge is -2.25. The molecule has 0 saturated carbocycles. The van der Waals surface area contributed by atoms with Crippen LogP contribution < -0.4 is 31.8 Å². The Bertz CT molecular complexity index is 1730. The van der Waals surface area contributed by atoms with Crippen molar-refractivity contribution in [2.45, 2.75) is 0 Å². The quantitative estimate of drug-likeness (QED) is 0.154. The molecular weight excluding hydrogens is 566 g/mol. The Morgan fingerprint density at radius 1 is 0.205 bits per heavy atom. The van der Waals surface area contributed by atoms with E-state index in [9.17, 15) is 0 Å². The highest BCUT2D eigenvalue weighted by Gasteiger charge is 2.24. The van der Waals surface area contributed by atoms with E-state index in [1.165, 1.54) is 54.1 Å². The Labute approximate surface area is 263 Å². The van der Waals surface area contributed by atoms with Crippen molar-refractivity contribution >= 4 is 47.7 Å². The highest BCUT2D eigenvalue weighted by atomic mass is 31.1. The van der Waals surface area contributed by atoms with Gasteiger partial charge in [0.15, 0.2) is 0 Å². The van der Waals surface area contributed by atoms with Crippen LogP contribution in [0.2, 0.25) is 0 Å². The minimum Gasteiger partial charge on any atom is -0.0622 e. The fraction of sp³-hybridized carbons (Fsp3) is 0. The van der Waals surface area contributed by atoms with E-state index in [4.69, 9.17) is 0 Å². The first-order valence-corrected chi connectivity index (χ1v) is 17.6. The smallest absolute Gasteiger partial charge is 0.00724 e. The molecular formula is C42H32P2. The zero-order valence-corrected chi connectivity index (χ0v) is 26.2. The van der Waals surface area contributed by atoms with E-state index in [1.807, 2.05) is 0 Å². The molecule has 2 heteroatoms. The topological polar surface area (TPSA) is 0 Å². The van der Waals surface area contributed by atoms with Crippen LogP contribution in [0, 0.1) is 0 Å². The molecule has 0 nitrogen and oxygen atoms in total. The molecule has 7 aromatic rings. The lowest BCUT2D eigenvalue weighted by molar-refractivity contribution is 1.61. The molecule has 0 N–H and O–H groups in total. The van der Waals surface area contributed by atoms with Gasteiger partial charge in [-0.2, -0.15) is 0 Å². The second-order valence-electron chi connectivity index (χ2n) is 10.6. The Balaban J connectivity index is 1.43. The van der Waals surface area contributed by atoms with Gasteiger partial charge in [-0.1, -0.05) is 194 Å². The number of hydrogen-bond acceptors (Lipinski definition) is 0. The molecule has 44 heavy (non-hydrogen) atoms. The van der Waals surface area contributed by atoms with Crippen LogP contribution in [0.5, 0.6) is 0 Å². The van der Waals surface area contributed by atoms with Crippen molar-refractivity contribution in [3.8, 4) is 22.3 Å². The largest absolute Gasteiger partial charge is 0.0622 e. The standard InChI is InChI=1S/C42H32P2/c1-5-19-33(20-6-1)43(34-21-7-2-8-22-34)41-31-17-15-29-39(41)37-27-13-14-28-38(37)40-30-16-18-32-42(40)44(35-23-9-3-10-24-35)36-25-11-4-12-26-36/h1-32H. The van der Waals surface area contributed by atoms with Gasteiger partial charge in [-0.3, -0.25) is 0 Å². The molecule has 0 bridgehead atoms. The van der Waals surface area contributed by atoms with Crippen molar-refractivity contribution in [2.24, 2.45) is 0 Å². The molecule has 0 atom stereocenters. The van der Waals surface area contributed by atoms with Crippen molar-refractivity contribution in [1.29, 1.82) is 0 Å². The molecule has 210 valence electrons. The Morgan fingerprint density at radius 3 is 0.727 bits per heavy atom. The predicted molar refractivity (Wildman–Crippen MR) is 195 cm³/mol. The van der Waals surface area contributed by atoms with Gasteiger partial charge in [0.1, 0.15) is 0 Å². The molecule has 7 aromatic carbocycles. The van der Waals surface area contributed by atoms with Crippen molar-refractivity contribution in [2.75, 3.05) is 0 Å². The zero-order chi connectivity index (χ0) is 29.6. The molecule has 7 rings (SSSR count). The summed E-state index contributed by atoms with van der Waals surface area (Å²) >= 11 is 0. The molecule has 0 aliphatic rings. The number of hydrogen-bond donors (Lipinski definition) is 0. The molecule has 0 heterocycles. The summed E-state index contributed by atoms with van der Waals surface area (Å²) in [7, 11) is -1.52. The Kier molecular flexibility index (Phi) is 8.56. The van der Waals surface area contributed by atoms with E-state index in [0.29, 0.717) is 0 Å². The maximum absolute atomic E-state index is 2.34. The summed E-state index contributed by atoms with van der Waals surface area (Å²) in [4.78, 5) is 0. The van der Waals surface area contributed by atoms with Crippen LogP contribution in [0.3, 0.4) is 0 Å². The van der Waals surface area contributed by atoms with E-state index in [0.717, 1.165) is 0 Å². The van der Waals surface area contributed by atoms with Gasteiger partial charge in [0.05, 0.1) is 0 Å². The molecule has 0 radical (unpaired) electrons. The third-order valence-electron chi connectivity index (χ3n) is 7.85. The van der Waals surface area contributed by atoms with E-state index in [1.54, 1.807) is 0 Å². The molecule has 0 spiro atoms. The molecule has 0 unspecified atom stereocenters. The van der Waals surface area contributed by atoms with Crippen LogP contribution in [0.25, 0.3) is 22.3 Å². The second-order valence-corrected chi connectivity index (χ2v) is 15.0. The summed E-state index contributed by atoms with van der Waals surface area (Å²) in [5.41, 5.74) is 5.12. The normalized spacial score (nSPS) is 11.1. The van der Waals surface area contributed by atoms with Crippen LogP contribution >= 0.6 is 15.8 Å². The van der Waals surface area contributed by atoms with Gasteiger partial charge < -0.3 is 0 Å². The maximum Gasteiger partial charge on any atom is -0.00724 e. The molecule has 0 aliphatic heterocycles. The van der Waals surface area contributed by atoms with Crippen molar-refractivity contribution < 1.29 is 0 Å².